The number of hydrogen-bond donors (Lipinski definition) is 3. The fourth-order valence-corrected chi connectivity index (χ4v) is 1.09. The van der Waals surface area contributed by atoms with Gasteiger partial charge in [-0.15, -0.1) is 0 Å². The van der Waals surface area contributed by atoms with E-state index in [0.717, 1.165) is 4.90 Å². The van der Waals surface area contributed by atoms with E-state index in [-0.39, 0.29) is 18.9 Å². The molecule has 0 saturated carbocycles. The third kappa shape index (κ3) is 7.77. The maximum atomic E-state index is 11.5. The fourth-order valence-electron chi connectivity index (χ4n) is 1.09. The van der Waals surface area contributed by atoms with Gasteiger partial charge in [-0.25, -0.2) is 0 Å². The van der Waals surface area contributed by atoms with E-state index in [1.54, 1.807) is 0 Å². The van der Waals surface area contributed by atoms with Crippen LogP contribution in [-0.4, -0.2) is 53.3 Å². The van der Waals surface area contributed by atoms with Gasteiger partial charge in [-0.2, -0.15) is 0 Å². The smallest absolute Gasteiger partial charge is 0.323 e. The first-order chi connectivity index (χ1) is 7.82. The van der Waals surface area contributed by atoms with Gasteiger partial charge in [-0.3, -0.25) is 19.2 Å². The molecular weight excluding hydrogens is 230 g/mol. The van der Waals surface area contributed by atoms with Gasteiger partial charge in [-0.1, -0.05) is 0 Å². The molecule has 8 heteroatoms. The van der Waals surface area contributed by atoms with Crippen molar-refractivity contribution in [3.05, 3.63) is 0 Å². The summed E-state index contributed by atoms with van der Waals surface area (Å²) in [7, 11) is 0. The maximum Gasteiger partial charge on any atom is 0.323 e. The van der Waals surface area contributed by atoms with Crippen LogP contribution in [0.3, 0.4) is 0 Å². The van der Waals surface area contributed by atoms with E-state index in [4.69, 9.17) is 10.8 Å². The average molecular weight is 245 g/mol. The Labute approximate surface area is 97.7 Å². The van der Waals surface area contributed by atoms with Crippen molar-refractivity contribution in [3.8, 4) is 0 Å². The number of rotatable bonds is 7. The van der Waals surface area contributed by atoms with Gasteiger partial charge in [0, 0.05) is 19.9 Å². The minimum atomic E-state index is -1.24. The van der Waals surface area contributed by atoms with E-state index in [1.807, 2.05) is 0 Å². The third-order valence-electron chi connectivity index (χ3n) is 1.74. The lowest BCUT2D eigenvalue weighted by Gasteiger charge is -2.18. The molecule has 0 aromatic rings. The van der Waals surface area contributed by atoms with Gasteiger partial charge in [0.05, 0.1) is 6.54 Å². The highest BCUT2D eigenvalue weighted by molar-refractivity contribution is 5.87. The quantitative estimate of drug-likeness (QED) is 0.473. The van der Waals surface area contributed by atoms with Gasteiger partial charge < -0.3 is 21.1 Å². The third-order valence-corrected chi connectivity index (χ3v) is 1.74. The van der Waals surface area contributed by atoms with Crippen LogP contribution in [0.5, 0.6) is 0 Å². The Hall–Kier alpha value is -2.12. The number of nitrogens with two attached hydrogens (primary N) is 1. The van der Waals surface area contributed by atoms with Crippen molar-refractivity contribution in [2.24, 2.45) is 5.73 Å². The summed E-state index contributed by atoms with van der Waals surface area (Å²) < 4.78 is 0. The number of carboxylic acids is 1. The minimum absolute atomic E-state index is 0.0832. The van der Waals surface area contributed by atoms with Crippen LogP contribution in [0, 0.1) is 0 Å². The molecule has 0 heterocycles. The van der Waals surface area contributed by atoms with Gasteiger partial charge in [0.15, 0.2) is 0 Å². The van der Waals surface area contributed by atoms with E-state index in [1.165, 1.54) is 6.92 Å². The molecule has 0 aliphatic carbocycles. The normalized spacial score (nSPS) is 9.47. The monoisotopic (exact) mass is 245 g/mol. The van der Waals surface area contributed by atoms with Crippen LogP contribution < -0.4 is 11.1 Å². The molecule has 0 rings (SSSR count). The molecule has 0 aliphatic rings. The molecule has 8 nitrogen and oxygen atoms in total. The first-order valence-corrected chi connectivity index (χ1v) is 4.85. The fraction of sp³-hybridized carbons (Fsp3) is 0.556. The second-order valence-corrected chi connectivity index (χ2v) is 3.34. The molecule has 0 radical (unpaired) electrons. The lowest BCUT2D eigenvalue weighted by molar-refractivity contribution is -0.145. The number of aliphatic carboxylic acids is 1. The predicted molar refractivity (Wildman–Crippen MR) is 56.7 cm³/mol. The second kappa shape index (κ2) is 7.20. The molecule has 0 aromatic heterocycles. The highest BCUT2D eigenvalue weighted by Crippen LogP contribution is 1.94. The highest BCUT2D eigenvalue weighted by Gasteiger charge is 2.18. The van der Waals surface area contributed by atoms with E-state index in [2.05, 4.69) is 5.32 Å². The summed E-state index contributed by atoms with van der Waals surface area (Å²) in [6, 6.07) is 0. The van der Waals surface area contributed by atoms with E-state index >= 15 is 0 Å². The largest absolute Gasteiger partial charge is 0.480 e. The van der Waals surface area contributed by atoms with Crippen LogP contribution >= 0.6 is 0 Å². The van der Waals surface area contributed by atoms with Gasteiger partial charge in [-0.05, 0) is 0 Å². The molecule has 0 aromatic carbocycles. The first-order valence-electron chi connectivity index (χ1n) is 4.85. The number of hydrogen-bond acceptors (Lipinski definition) is 4. The summed E-state index contributed by atoms with van der Waals surface area (Å²) in [4.78, 5) is 44.0. The van der Waals surface area contributed by atoms with E-state index < -0.39 is 30.9 Å². The van der Waals surface area contributed by atoms with E-state index in [9.17, 15) is 19.2 Å². The summed E-state index contributed by atoms with van der Waals surface area (Å²) in [5.74, 6) is -2.88. The molecule has 0 saturated heterocycles. The molecule has 0 fully saturated rings. The molecule has 0 unspecified atom stereocenters. The van der Waals surface area contributed by atoms with Crippen LogP contribution in [-0.2, 0) is 19.2 Å². The molecule has 3 amide bonds. The summed E-state index contributed by atoms with van der Waals surface area (Å²) in [6.45, 7) is 0.332. The zero-order valence-electron chi connectivity index (χ0n) is 9.43. The van der Waals surface area contributed by atoms with Gasteiger partial charge in [0.25, 0.3) is 0 Å². The lowest BCUT2D eigenvalue weighted by atomic mass is 10.3. The van der Waals surface area contributed by atoms with Gasteiger partial charge in [0.1, 0.15) is 6.54 Å². The summed E-state index contributed by atoms with van der Waals surface area (Å²) in [5.41, 5.74) is 4.89. The second-order valence-electron chi connectivity index (χ2n) is 3.34. The molecule has 96 valence electrons. The van der Waals surface area contributed by atoms with Crippen LogP contribution in [0.1, 0.15) is 13.3 Å². The zero-order chi connectivity index (χ0) is 13.4. The number of primary amides is 1. The Balaban J connectivity index is 4.26. The van der Waals surface area contributed by atoms with Gasteiger partial charge >= 0.3 is 5.97 Å². The molecular formula is C9H15N3O5. The minimum Gasteiger partial charge on any atom is -0.480 e. The summed E-state index contributed by atoms with van der Waals surface area (Å²) in [5, 5.41) is 10.9. The van der Waals surface area contributed by atoms with Crippen molar-refractivity contribution in [2.45, 2.75) is 13.3 Å². The lowest BCUT2D eigenvalue weighted by Crippen LogP contribution is -2.42. The Bertz CT molecular complexity index is 313. The highest BCUT2D eigenvalue weighted by atomic mass is 16.4. The number of nitrogens with zero attached hydrogens (tertiary/aromatic N) is 1. The van der Waals surface area contributed by atoms with Crippen molar-refractivity contribution < 1.29 is 24.3 Å². The Morgan fingerprint density at radius 3 is 2.24 bits per heavy atom. The molecule has 0 aliphatic heterocycles. The Kier molecular flexibility index (Phi) is 6.30. The summed E-state index contributed by atoms with van der Waals surface area (Å²) >= 11 is 0. The predicted octanol–water partition coefficient (Wildman–Crippen LogP) is -2.09. The molecule has 4 N–H and O–H groups in total. The number of nitrogens with one attached hydrogen (secondary N) is 1. The van der Waals surface area contributed by atoms with Gasteiger partial charge in [0.2, 0.25) is 17.7 Å². The number of carboxylic acid groups (broad SMARTS) is 1. The van der Waals surface area contributed by atoms with Crippen molar-refractivity contribution in [1.82, 2.24) is 10.2 Å². The van der Waals surface area contributed by atoms with E-state index in [0.29, 0.717) is 0 Å². The molecule has 0 atom stereocenters. The average Bonchev–Trinajstić information content (AvgIpc) is 2.14. The van der Waals surface area contributed by atoms with Crippen molar-refractivity contribution in [1.29, 1.82) is 0 Å². The molecule has 0 bridgehead atoms. The van der Waals surface area contributed by atoms with Crippen LogP contribution in [0.25, 0.3) is 0 Å². The van der Waals surface area contributed by atoms with Crippen LogP contribution in [0.4, 0.5) is 0 Å². The first kappa shape index (κ1) is 14.9. The zero-order valence-corrected chi connectivity index (χ0v) is 9.43. The van der Waals surface area contributed by atoms with Crippen molar-refractivity contribution in [3.63, 3.8) is 0 Å². The number of carbonyl (C=O) groups excluding carboxylic acids is 3. The van der Waals surface area contributed by atoms with Crippen molar-refractivity contribution in [2.75, 3.05) is 19.6 Å². The number of carbonyl (C=O) groups is 4. The SMILES string of the molecule is CC(=O)NCCC(=O)N(CC(N)=O)CC(=O)O. The van der Waals surface area contributed by atoms with Crippen LogP contribution in [0.2, 0.25) is 0 Å². The summed E-state index contributed by atoms with van der Waals surface area (Å²) in [6.07, 6.45) is -0.0832. The standard InChI is InChI=1S/C9H15N3O5/c1-6(13)11-3-2-8(15)12(4-7(10)14)5-9(16)17/h2-5H2,1H3,(H2,10,14)(H,11,13)(H,16,17). The van der Waals surface area contributed by atoms with Crippen molar-refractivity contribution >= 4 is 23.7 Å². The molecule has 17 heavy (non-hydrogen) atoms. The maximum absolute atomic E-state index is 11.5. The molecule has 0 spiro atoms. The topological polar surface area (TPSA) is 130 Å². The van der Waals surface area contributed by atoms with Crippen LogP contribution in [0.15, 0.2) is 0 Å². The number of amides is 3. The Morgan fingerprint density at radius 2 is 1.82 bits per heavy atom. The Morgan fingerprint density at radius 1 is 1.24 bits per heavy atom.